The number of benzene rings is 1. The van der Waals surface area contributed by atoms with Gasteiger partial charge in [0, 0.05) is 18.6 Å². The number of carbonyl (C=O) groups is 1. The van der Waals surface area contributed by atoms with Crippen LogP contribution in [0.1, 0.15) is 50.7 Å². The Bertz CT molecular complexity index is 496. The van der Waals surface area contributed by atoms with Gasteiger partial charge in [-0.1, -0.05) is 37.1 Å². The third-order valence-corrected chi connectivity index (χ3v) is 4.87. The second kappa shape index (κ2) is 6.61. The van der Waals surface area contributed by atoms with Crippen molar-refractivity contribution in [3.8, 4) is 0 Å². The molecular formula is C18H28N2O. The molecule has 0 aliphatic heterocycles. The molecule has 2 atom stereocenters. The molecule has 1 aliphatic rings. The molecule has 1 saturated carbocycles. The Kier molecular flexibility index (Phi) is 5.04. The second-order valence-corrected chi connectivity index (χ2v) is 6.58. The summed E-state index contributed by atoms with van der Waals surface area (Å²) >= 11 is 0. The smallest absolute Gasteiger partial charge is 0.227 e. The van der Waals surface area contributed by atoms with Gasteiger partial charge in [-0.2, -0.15) is 0 Å². The van der Waals surface area contributed by atoms with Crippen LogP contribution in [0.3, 0.4) is 0 Å². The summed E-state index contributed by atoms with van der Waals surface area (Å²) in [5, 5.41) is 0. The van der Waals surface area contributed by atoms with Crippen molar-refractivity contribution in [2.75, 3.05) is 6.54 Å². The molecule has 1 aromatic carbocycles. The molecular weight excluding hydrogens is 260 g/mol. The lowest BCUT2D eigenvalue weighted by atomic mass is 9.74. The van der Waals surface area contributed by atoms with Crippen LogP contribution in [-0.2, 0) is 11.3 Å². The summed E-state index contributed by atoms with van der Waals surface area (Å²) in [5.74, 6) is 0.195. The van der Waals surface area contributed by atoms with Gasteiger partial charge in [-0.05, 0) is 44.7 Å². The molecule has 1 aliphatic carbocycles. The summed E-state index contributed by atoms with van der Waals surface area (Å²) in [6.07, 6.45) is 4.13. The molecule has 2 N–H and O–H groups in total. The number of rotatable bonds is 4. The van der Waals surface area contributed by atoms with Gasteiger partial charge < -0.3 is 10.6 Å². The lowest BCUT2D eigenvalue weighted by Crippen LogP contribution is -2.53. The lowest BCUT2D eigenvalue weighted by Gasteiger charge is -2.40. The Morgan fingerprint density at radius 3 is 2.71 bits per heavy atom. The molecule has 0 aromatic heterocycles. The third-order valence-electron chi connectivity index (χ3n) is 4.87. The number of amides is 1. The van der Waals surface area contributed by atoms with E-state index in [4.69, 9.17) is 5.73 Å². The van der Waals surface area contributed by atoms with E-state index < -0.39 is 0 Å². The van der Waals surface area contributed by atoms with E-state index in [1.807, 2.05) is 30.9 Å². The summed E-state index contributed by atoms with van der Waals surface area (Å²) in [6, 6.07) is 8.28. The minimum Gasteiger partial charge on any atom is -0.338 e. The van der Waals surface area contributed by atoms with Crippen LogP contribution < -0.4 is 5.73 Å². The van der Waals surface area contributed by atoms with Crippen LogP contribution in [0, 0.1) is 12.8 Å². The highest BCUT2D eigenvalue weighted by Gasteiger charge is 2.39. The zero-order chi connectivity index (χ0) is 15.5. The molecule has 1 fully saturated rings. The Morgan fingerprint density at radius 1 is 1.38 bits per heavy atom. The van der Waals surface area contributed by atoms with Crippen molar-refractivity contribution in [2.45, 2.75) is 58.5 Å². The first kappa shape index (κ1) is 16.0. The van der Waals surface area contributed by atoms with Crippen molar-refractivity contribution in [3.05, 3.63) is 35.4 Å². The van der Waals surface area contributed by atoms with Crippen LogP contribution in [0.25, 0.3) is 0 Å². The molecule has 3 heteroatoms. The summed E-state index contributed by atoms with van der Waals surface area (Å²) in [5.41, 5.74) is 8.50. The van der Waals surface area contributed by atoms with E-state index in [2.05, 4.69) is 19.1 Å². The van der Waals surface area contributed by atoms with Crippen LogP contribution in [0.15, 0.2) is 24.3 Å². The van der Waals surface area contributed by atoms with Gasteiger partial charge >= 0.3 is 0 Å². The van der Waals surface area contributed by atoms with Crippen molar-refractivity contribution in [1.29, 1.82) is 0 Å². The first-order valence-electron chi connectivity index (χ1n) is 8.08. The van der Waals surface area contributed by atoms with E-state index in [1.54, 1.807) is 0 Å². The molecule has 116 valence electrons. The Labute approximate surface area is 128 Å². The van der Waals surface area contributed by atoms with Crippen molar-refractivity contribution in [3.63, 3.8) is 0 Å². The molecule has 2 unspecified atom stereocenters. The summed E-state index contributed by atoms with van der Waals surface area (Å²) in [7, 11) is 0. The van der Waals surface area contributed by atoms with Gasteiger partial charge in [-0.3, -0.25) is 4.79 Å². The highest BCUT2D eigenvalue weighted by Crippen LogP contribution is 2.33. The van der Waals surface area contributed by atoms with Gasteiger partial charge in [0.15, 0.2) is 0 Å². The van der Waals surface area contributed by atoms with Crippen LogP contribution in [0.2, 0.25) is 0 Å². The maximum atomic E-state index is 12.9. The van der Waals surface area contributed by atoms with Crippen molar-refractivity contribution in [2.24, 2.45) is 11.7 Å². The molecule has 3 nitrogen and oxygen atoms in total. The van der Waals surface area contributed by atoms with Gasteiger partial charge in [0.2, 0.25) is 5.91 Å². The first-order valence-corrected chi connectivity index (χ1v) is 8.08. The molecule has 1 aromatic rings. The molecule has 0 bridgehead atoms. The zero-order valence-electron chi connectivity index (χ0n) is 13.6. The molecule has 21 heavy (non-hydrogen) atoms. The van der Waals surface area contributed by atoms with Crippen LogP contribution in [0.4, 0.5) is 0 Å². The summed E-state index contributed by atoms with van der Waals surface area (Å²) < 4.78 is 0. The molecule has 0 heterocycles. The average molecular weight is 288 g/mol. The minimum atomic E-state index is -0.353. The number of hydrogen-bond donors (Lipinski definition) is 1. The van der Waals surface area contributed by atoms with Gasteiger partial charge in [-0.15, -0.1) is 0 Å². The molecule has 1 amide bonds. The first-order chi connectivity index (χ1) is 9.95. The number of nitrogens with two attached hydrogens (primary N) is 1. The van der Waals surface area contributed by atoms with E-state index in [-0.39, 0.29) is 17.4 Å². The monoisotopic (exact) mass is 288 g/mol. The van der Waals surface area contributed by atoms with Gasteiger partial charge in [0.05, 0.1) is 5.92 Å². The lowest BCUT2D eigenvalue weighted by molar-refractivity contribution is -0.139. The SMILES string of the molecule is CCN(Cc1ccccc1C)C(=O)C1CCCCC1(C)N. The topological polar surface area (TPSA) is 46.3 Å². The normalized spacial score (nSPS) is 25.6. The predicted octanol–water partition coefficient (Wildman–Crippen LogP) is 3.25. The van der Waals surface area contributed by atoms with Crippen LogP contribution in [-0.4, -0.2) is 22.9 Å². The standard InChI is InChI=1S/C18H28N2O/c1-4-20(13-15-10-6-5-9-14(15)2)17(21)16-11-7-8-12-18(16,3)19/h5-6,9-10,16H,4,7-8,11-13,19H2,1-3H3. The van der Waals surface area contributed by atoms with Gasteiger partial charge in [-0.25, -0.2) is 0 Å². The number of aryl methyl sites for hydroxylation is 1. The molecule has 0 radical (unpaired) electrons. The Hall–Kier alpha value is -1.35. The quantitative estimate of drug-likeness (QED) is 0.924. The predicted molar refractivity (Wildman–Crippen MR) is 86.8 cm³/mol. The largest absolute Gasteiger partial charge is 0.338 e. The Balaban J connectivity index is 2.13. The highest BCUT2D eigenvalue weighted by molar-refractivity contribution is 5.80. The van der Waals surface area contributed by atoms with E-state index in [9.17, 15) is 4.79 Å². The maximum Gasteiger partial charge on any atom is 0.227 e. The maximum absolute atomic E-state index is 12.9. The van der Waals surface area contributed by atoms with Gasteiger partial charge in [0.25, 0.3) is 0 Å². The highest BCUT2D eigenvalue weighted by atomic mass is 16.2. The van der Waals surface area contributed by atoms with E-state index in [0.29, 0.717) is 6.54 Å². The zero-order valence-corrected chi connectivity index (χ0v) is 13.6. The Morgan fingerprint density at radius 2 is 2.10 bits per heavy atom. The fourth-order valence-corrected chi connectivity index (χ4v) is 3.32. The number of nitrogens with zero attached hydrogens (tertiary/aromatic N) is 1. The third kappa shape index (κ3) is 3.65. The molecule has 0 spiro atoms. The fourth-order valence-electron chi connectivity index (χ4n) is 3.32. The van der Waals surface area contributed by atoms with Crippen molar-refractivity contribution in [1.82, 2.24) is 4.90 Å². The van der Waals surface area contributed by atoms with Crippen molar-refractivity contribution < 1.29 is 4.79 Å². The average Bonchev–Trinajstić information content (AvgIpc) is 2.45. The second-order valence-electron chi connectivity index (χ2n) is 6.58. The fraction of sp³-hybridized carbons (Fsp3) is 0.611. The van der Waals surface area contributed by atoms with E-state index in [1.165, 1.54) is 11.1 Å². The molecule has 0 saturated heterocycles. The molecule has 2 rings (SSSR count). The van der Waals surface area contributed by atoms with E-state index in [0.717, 1.165) is 32.2 Å². The number of carbonyl (C=O) groups excluding carboxylic acids is 1. The minimum absolute atomic E-state index is 0.0322. The number of hydrogen-bond acceptors (Lipinski definition) is 2. The summed E-state index contributed by atoms with van der Waals surface area (Å²) in [6.45, 7) is 7.61. The van der Waals surface area contributed by atoms with Crippen LogP contribution >= 0.6 is 0 Å². The summed E-state index contributed by atoms with van der Waals surface area (Å²) in [4.78, 5) is 14.9. The van der Waals surface area contributed by atoms with E-state index >= 15 is 0 Å². The van der Waals surface area contributed by atoms with Gasteiger partial charge in [0.1, 0.15) is 0 Å². The van der Waals surface area contributed by atoms with Crippen LogP contribution in [0.5, 0.6) is 0 Å². The van der Waals surface area contributed by atoms with Crippen molar-refractivity contribution >= 4 is 5.91 Å².